The molecule has 1 atom stereocenters. The highest BCUT2D eigenvalue weighted by atomic mass is 19.3. The molecule has 0 saturated heterocycles. The zero-order chi connectivity index (χ0) is 15.4. The first kappa shape index (κ1) is 15.1. The van der Waals surface area contributed by atoms with Crippen LogP contribution in [0.3, 0.4) is 0 Å². The molecule has 21 heavy (non-hydrogen) atoms. The van der Waals surface area contributed by atoms with Gasteiger partial charge in [-0.05, 0) is 32.0 Å². The Morgan fingerprint density at radius 1 is 1.38 bits per heavy atom. The van der Waals surface area contributed by atoms with Gasteiger partial charge in [-0.25, -0.2) is 4.68 Å². The van der Waals surface area contributed by atoms with Crippen molar-refractivity contribution in [2.24, 2.45) is 0 Å². The van der Waals surface area contributed by atoms with Gasteiger partial charge in [0.15, 0.2) is 0 Å². The predicted octanol–water partition coefficient (Wildman–Crippen LogP) is 2.34. The van der Waals surface area contributed by atoms with E-state index in [0.717, 1.165) is 17.6 Å². The quantitative estimate of drug-likeness (QED) is 0.920. The lowest BCUT2D eigenvalue weighted by Gasteiger charge is -2.12. The molecule has 2 aromatic heterocycles. The maximum Gasteiger partial charge on any atom is 0.333 e. The molecule has 1 N–H and O–H groups in total. The zero-order valence-corrected chi connectivity index (χ0v) is 11.8. The fourth-order valence-electron chi connectivity index (χ4n) is 1.94. The summed E-state index contributed by atoms with van der Waals surface area (Å²) in [4.78, 5) is 16.2. The summed E-state index contributed by atoms with van der Waals surface area (Å²) in [5, 5.41) is 6.24. The molecule has 0 spiro atoms. The summed E-state index contributed by atoms with van der Waals surface area (Å²) in [6.45, 7) is 0.968. The first-order valence-corrected chi connectivity index (χ1v) is 6.52. The fourth-order valence-corrected chi connectivity index (χ4v) is 1.94. The Labute approximate surface area is 121 Å². The number of pyridine rings is 1. The molecular formula is C14H16F2N4O. The average molecular weight is 294 g/mol. The number of aryl methyl sites for hydroxylation is 1. The molecule has 0 unspecified atom stereocenters. The van der Waals surface area contributed by atoms with Crippen molar-refractivity contribution in [2.45, 2.75) is 32.9 Å². The summed E-state index contributed by atoms with van der Waals surface area (Å²) >= 11 is 0. The van der Waals surface area contributed by atoms with E-state index in [1.807, 2.05) is 32.0 Å². The summed E-state index contributed by atoms with van der Waals surface area (Å²) in [7, 11) is 0. The number of aromatic nitrogens is 3. The second-order valence-corrected chi connectivity index (χ2v) is 4.81. The molecule has 7 heteroatoms. The molecule has 2 aromatic rings. The number of hydrogen-bond donors (Lipinski definition) is 1. The van der Waals surface area contributed by atoms with Crippen molar-refractivity contribution in [1.82, 2.24) is 20.1 Å². The Hall–Kier alpha value is -2.31. The predicted molar refractivity (Wildman–Crippen MR) is 73.1 cm³/mol. The molecule has 112 valence electrons. The molecule has 2 rings (SSSR count). The maximum atomic E-state index is 12.4. The van der Waals surface area contributed by atoms with Crippen molar-refractivity contribution < 1.29 is 13.6 Å². The molecule has 0 radical (unpaired) electrons. The molecule has 2 heterocycles. The normalized spacial score (nSPS) is 12.4. The van der Waals surface area contributed by atoms with E-state index in [-0.39, 0.29) is 11.7 Å². The first-order valence-electron chi connectivity index (χ1n) is 6.52. The summed E-state index contributed by atoms with van der Waals surface area (Å²) in [6.07, 6.45) is 1.63. The van der Waals surface area contributed by atoms with Gasteiger partial charge in [-0.1, -0.05) is 6.07 Å². The number of nitrogens with zero attached hydrogens (tertiary/aromatic N) is 3. The second kappa shape index (κ2) is 6.43. The number of hydrogen-bond acceptors (Lipinski definition) is 3. The number of carbonyl (C=O) groups excluding carboxylic acids is 1. The number of alkyl halides is 2. The van der Waals surface area contributed by atoms with Crippen LogP contribution in [0.25, 0.3) is 0 Å². The van der Waals surface area contributed by atoms with Crippen molar-refractivity contribution in [3.8, 4) is 0 Å². The number of amides is 1. The van der Waals surface area contributed by atoms with Gasteiger partial charge in [0, 0.05) is 30.0 Å². The summed E-state index contributed by atoms with van der Waals surface area (Å²) in [5.74, 6) is -0.477. The van der Waals surface area contributed by atoms with Crippen molar-refractivity contribution in [1.29, 1.82) is 0 Å². The second-order valence-electron chi connectivity index (χ2n) is 4.81. The monoisotopic (exact) mass is 294 g/mol. The highest BCUT2D eigenvalue weighted by Crippen LogP contribution is 2.09. The summed E-state index contributed by atoms with van der Waals surface area (Å²) < 4.78 is 25.2. The van der Waals surface area contributed by atoms with E-state index in [1.54, 1.807) is 0 Å². The Morgan fingerprint density at radius 3 is 2.76 bits per heavy atom. The van der Waals surface area contributed by atoms with Gasteiger partial charge in [-0.15, -0.1) is 0 Å². The Bertz CT molecular complexity index is 627. The van der Waals surface area contributed by atoms with Gasteiger partial charge in [0.25, 0.3) is 5.91 Å². The SMILES string of the molecule is Cc1cccc(C[C@@H](C)NC(=O)c2ccn(C(F)F)n2)n1. The van der Waals surface area contributed by atoms with Gasteiger partial charge >= 0.3 is 6.55 Å². The molecule has 0 aliphatic rings. The van der Waals surface area contributed by atoms with Crippen molar-refractivity contribution in [3.05, 3.63) is 47.5 Å². The lowest BCUT2D eigenvalue weighted by molar-refractivity contribution is 0.0559. The Morgan fingerprint density at radius 2 is 2.14 bits per heavy atom. The van der Waals surface area contributed by atoms with E-state index in [1.165, 1.54) is 6.07 Å². The van der Waals surface area contributed by atoms with E-state index >= 15 is 0 Å². The standard InChI is InChI=1S/C14H16F2N4O/c1-9-4-3-5-11(17-9)8-10(2)18-13(21)12-6-7-20(19-12)14(15)16/h3-7,10,14H,8H2,1-2H3,(H,18,21)/t10-/m1/s1. The summed E-state index contributed by atoms with van der Waals surface area (Å²) in [6, 6.07) is 6.75. The van der Waals surface area contributed by atoms with Crippen LogP contribution in [0.2, 0.25) is 0 Å². The Balaban J connectivity index is 1.95. The van der Waals surface area contributed by atoms with Crippen LogP contribution in [0.1, 0.15) is 35.3 Å². The lowest BCUT2D eigenvalue weighted by atomic mass is 10.1. The number of halogens is 2. The van der Waals surface area contributed by atoms with Crippen LogP contribution >= 0.6 is 0 Å². The maximum absolute atomic E-state index is 12.4. The highest BCUT2D eigenvalue weighted by Gasteiger charge is 2.15. The van der Waals surface area contributed by atoms with E-state index in [0.29, 0.717) is 11.1 Å². The van der Waals surface area contributed by atoms with E-state index in [2.05, 4.69) is 15.4 Å². The van der Waals surface area contributed by atoms with E-state index < -0.39 is 12.5 Å². The third kappa shape index (κ3) is 4.08. The first-order chi connectivity index (χ1) is 9.95. The minimum atomic E-state index is -2.75. The van der Waals surface area contributed by atoms with Gasteiger partial charge in [-0.3, -0.25) is 9.78 Å². The molecule has 0 fully saturated rings. The molecule has 1 amide bonds. The van der Waals surface area contributed by atoms with Crippen LogP contribution in [-0.4, -0.2) is 26.7 Å². The smallest absolute Gasteiger partial charge is 0.333 e. The van der Waals surface area contributed by atoms with Crippen molar-refractivity contribution >= 4 is 5.91 Å². The molecule has 5 nitrogen and oxygen atoms in total. The third-order valence-corrected chi connectivity index (χ3v) is 2.88. The number of nitrogens with one attached hydrogen (secondary N) is 1. The molecule has 0 saturated carbocycles. The third-order valence-electron chi connectivity index (χ3n) is 2.88. The fraction of sp³-hybridized carbons (Fsp3) is 0.357. The van der Waals surface area contributed by atoms with Crippen LogP contribution < -0.4 is 5.32 Å². The van der Waals surface area contributed by atoms with Gasteiger partial charge in [-0.2, -0.15) is 13.9 Å². The molecule has 0 aliphatic heterocycles. The van der Waals surface area contributed by atoms with Crippen LogP contribution in [0, 0.1) is 6.92 Å². The van der Waals surface area contributed by atoms with Crippen LogP contribution in [0.5, 0.6) is 0 Å². The van der Waals surface area contributed by atoms with Gasteiger partial charge in [0.05, 0.1) is 0 Å². The highest BCUT2D eigenvalue weighted by molar-refractivity contribution is 5.92. The van der Waals surface area contributed by atoms with Crippen molar-refractivity contribution in [2.75, 3.05) is 0 Å². The Kier molecular flexibility index (Phi) is 4.62. The minimum Gasteiger partial charge on any atom is -0.348 e. The largest absolute Gasteiger partial charge is 0.348 e. The molecular weight excluding hydrogens is 278 g/mol. The van der Waals surface area contributed by atoms with Gasteiger partial charge in [0.1, 0.15) is 5.69 Å². The van der Waals surface area contributed by atoms with Crippen LogP contribution in [-0.2, 0) is 6.42 Å². The zero-order valence-electron chi connectivity index (χ0n) is 11.8. The van der Waals surface area contributed by atoms with Crippen LogP contribution in [0.4, 0.5) is 8.78 Å². The van der Waals surface area contributed by atoms with E-state index in [4.69, 9.17) is 0 Å². The molecule has 0 aromatic carbocycles. The minimum absolute atomic E-state index is 0.0284. The topological polar surface area (TPSA) is 59.8 Å². The van der Waals surface area contributed by atoms with Crippen LogP contribution in [0.15, 0.2) is 30.5 Å². The molecule has 0 bridgehead atoms. The van der Waals surface area contributed by atoms with Crippen molar-refractivity contribution in [3.63, 3.8) is 0 Å². The lowest BCUT2D eigenvalue weighted by Crippen LogP contribution is -2.34. The number of carbonyl (C=O) groups is 1. The average Bonchev–Trinajstić information content (AvgIpc) is 2.88. The van der Waals surface area contributed by atoms with Gasteiger partial charge in [0.2, 0.25) is 0 Å². The number of rotatable bonds is 5. The molecule has 0 aliphatic carbocycles. The van der Waals surface area contributed by atoms with Gasteiger partial charge < -0.3 is 5.32 Å². The summed E-state index contributed by atoms with van der Waals surface area (Å²) in [5.41, 5.74) is 1.74. The van der Waals surface area contributed by atoms with E-state index in [9.17, 15) is 13.6 Å².